The van der Waals surface area contributed by atoms with Gasteiger partial charge in [-0.3, -0.25) is 4.99 Å². The van der Waals surface area contributed by atoms with Crippen molar-refractivity contribution in [3.63, 3.8) is 0 Å². The topological polar surface area (TPSA) is 78.1 Å². The third-order valence-corrected chi connectivity index (χ3v) is 4.20. The number of fused-ring (bicyclic) bond motifs is 1. The second-order valence-corrected chi connectivity index (χ2v) is 6.24. The molecule has 0 atom stereocenters. The lowest BCUT2D eigenvalue weighted by molar-refractivity contribution is 0.171. The van der Waals surface area contributed by atoms with E-state index in [1.54, 1.807) is 7.11 Å². The third kappa shape index (κ3) is 4.59. The summed E-state index contributed by atoms with van der Waals surface area (Å²) in [4.78, 5) is 4.39. The van der Waals surface area contributed by atoms with Crippen molar-refractivity contribution in [1.82, 2.24) is 0 Å². The molecule has 0 bridgehead atoms. The van der Waals surface area contributed by atoms with Gasteiger partial charge in [-0.15, -0.1) is 0 Å². The highest BCUT2D eigenvalue weighted by molar-refractivity contribution is 6.32. The summed E-state index contributed by atoms with van der Waals surface area (Å²) >= 11 is 6.25. The van der Waals surface area contributed by atoms with Gasteiger partial charge in [0.2, 0.25) is 0 Å². The molecule has 0 fully saturated rings. The van der Waals surface area contributed by atoms with E-state index in [-0.39, 0.29) is 0 Å². The summed E-state index contributed by atoms with van der Waals surface area (Å²) in [5.74, 6) is 1.65. The van der Waals surface area contributed by atoms with Crippen molar-refractivity contribution < 1.29 is 14.2 Å². The van der Waals surface area contributed by atoms with E-state index in [0.29, 0.717) is 55.3 Å². The van der Waals surface area contributed by atoms with Gasteiger partial charge < -0.3 is 25.3 Å². The summed E-state index contributed by atoms with van der Waals surface area (Å²) in [6, 6.07) is 11.6. The number of hydrogen-bond acceptors (Lipinski definition) is 4. The number of anilines is 1. The number of para-hydroxylation sites is 1. The molecule has 0 aromatic heterocycles. The predicted octanol–water partition coefficient (Wildman–Crippen LogP) is 3.23. The Kier molecular flexibility index (Phi) is 6.20. The Balaban J connectivity index is 1.61. The molecule has 0 aliphatic carbocycles. The van der Waals surface area contributed by atoms with E-state index in [1.807, 2.05) is 36.4 Å². The Labute approximate surface area is 157 Å². The number of nitrogens with one attached hydrogen (secondary N) is 1. The minimum Gasteiger partial charge on any atom is -0.486 e. The number of ether oxygens (including phenoxy) is 3. The highest BCUT2D eigenvalue weighted by Crippen LogP contribution is 2.38. The fourth-order valence-corrected chi connectivity index (χ4v) is 3.00. The predicted molar refractivity (Wildman–Crippen MR) is 103 cm³/mol. The van der Waals surface area contributed by atoms with Crippen LogP contribution in [0.4, 0.5) is 5.69 Å². The van der Waals surface area contributed by atoms with Gasteiger partial charge in [0.05, 0.1) is 11.6 Å². The molecule has 3 rings (SSSR count). The number of rotatable bonds is 6. The van der Waals surface area contributed by atoms with E-state index in [0.717, 1.165) is 16.8 Å². The lowest BCUT2D eigenvalue weighted by Crippen LogP contribution is -2.23. The summed E-state index contributed by atoms with van der Waals surface area (Å²) in [6.45, 7) is 2.08. The maximum absolute atomic E-state index is 6.25. The zero-order valence-electron chi connectivity index (χ0n) is 14.6. The molecule has 1 aliphatic rings. The summed E-state index contributed by atoms with van der Waals surface area (Å²) in [6.07, 6.45) is 0.693. The molecule has 6 nitrogen and oxygen atoms in total. The van der Waals surface area contributed by atoms with Crippen molar-refractivity contribution in [2.24, 2.45) is 10.7 Å². The fraction of sp³-hybridized carbons (Fsp3) is 0.316. The number of halogens is 1. The molecular weight excluding hydrogens is 354 g/mol. The van der Waals surface area contributed by atoms with Crippen molar-refractivity contribution >= 4 is 23.2 Å². The first-order valence-electron chi connectivity index (χ1n) is 8.39. The molecule has 7 heteroatoms. The number of guanidine groups is 1. The zero-order valence-corrected chi connectivity index (χ0v) is 15.4. The molecule has 0 radical (unpaired) electrons. The van der Waals surface area contributed by atoms with Gasteiger partial charge >= 0.3 is 0 Å². The Morgan fingerprint density at radius 1 is 1.27 bits per heavy atom. The van der Waals surface area contributed by atoms with Gasteiger partial charge in [-0.2, -0.15) is 0 Å². The van der Waals surface area contributed by atoms with Crippen LogP contribution in [0.1, 0.15) is 11.1 Å². The van der Waals surface area contributed by atoms with Crippen LogP contribution in [0.15, 0.2) is 41.4 Å². The minimum atomic E-state index is 0.359. The van der Waals surface area contributed by atoms with E-state index in [9.17, 15) is 0 Å². The highest BCUT2D eigenvalue weighted by Gasteiger charge is 2.16. The largest absolute Gasteiger partial charge is 0.486 e. The molecule has 0 saturated heterocycles. The summed E-state index contributed by atoms with van der Waals surface area (Å²) < 4.78 is 16.3. The van der Waals surface area contributed by atoms with E-state index in [4.69, 9.17) is 31.5 Å². The van der Waals surface area contributed by atoms with Crippen LogP contribution in [0, 0.1) is 0 Å². The molecule has 1 aliphatic heterocycles. The SMILES string of the molecule is COCc1ccccc1NC(N)=NCCc1cc(Cl)c2c(c1)OCCO2. The van der Waals surface area contributed by atoms with Crippen molar-refractivity contribution in [2.75, 3.05) is 32.2 Å². The van der Waals surface area contributed by atoms with Crippen LogP contribution in [0.5, 0.6) is 11.5 Å². The van der Waals surface area contributed by atoms with Crippen LogP contribution in [0.2, 0.25) is 5.02 Å². The normalized spacial score (nSPS) is 13.5. The van der Waals surface area contributed by atoms with Crippen LogP contribution < -0.4 is 20.5 Å². The van der Waals surface area contributed by atoms with Gasteiger partial charge in [-0.1, -0.05) is 29.8 Å². The molecule has 138 valence electrons. The smallest absolute Gasteiger partial charge is 0.193 e. The zero-order chi connectivity index (χ0) is 18.4. The second kappa shape index (κ2) is 8.78. The first kappa shape index (κ1) is 18.4. The van der Waals surface area contributed by atoms with Crippen molar-refractivity contribution in [1.29, 1.82) is 0 Å². The second-order valence-electron chi connectivity index (χ2n) is 5.83. The van der Waals surface area contributed by atoms with Crippen LogP contribution in [0.25, 0.3) is 0 Å². The van der Waals surface area contributed by atoms with Crippen LogP contribution in [0.3, 0.4) is 0 Å². The number of nitrogens with two attached hydrogens (primary N) is 1. The lowest BCUT2D eigenvalue weighted by atomic mass is 10.1. The average molecular weight is 376 g/mol. The molecule has 2 aromatic rings. The van der Waals surface area contributed by atoms with E-state index >= 15 is 0 Å². The summed E-state index contributed by atoms with van der Waals surface area (Å²) in [5, 5.41) is 3.68. The Bertz CT molecular complexity index is 796. The van der Waals surface area contributed by atoms with Crippen molar-refractivity contribution in [3.8, 4) is 11.5 Å². The van der Waals surface area contributed by atoms with Crippen LogP contribution in [-0.2, 0) is 17.8 Å². The van der Waals surface area contributed by atoms with Gasteiger partial charge in [0.1, 0.15) is 13.2 Å². The molecule has 0 spiro atoms. The standard InChI is InChI=1S/C19H22ClN3O3/c1-24-12-14-4-2-3-5-16(14)23-19(21)22-7-6-13-10-15(20)18-17(11-13)25-8-9-26-18/h2-5,10-11H,6-9,12H2,1H3,(H3,21,22,23). The summed E-state index contributed by atoms with van der Waals surface area (Å²) in [5.41, 5.74) is 8.93. The number of benzene rings is 2. The quantitative estimate of drug-likeness (QED) is 0.598. The molecule has 0 amide bonds. The first-order chi connectivity index (χ1) is 12.7. The number of nitrogens with zero attached hydrogens (tertiary/aromatic N) is 1. The van der Waals surface area contributed by atoms with Gasteiger partial charge in [-0.05, 0) is 30.2 Å². The Morgan fingerprint density at radius 2 is 2.08 bits per heavy atom. The van der Waals surface area contributed by atoms with Crippen LogP contribution in [-0.4, -0.2) is 32.8 Å². The Hall–Kier alpha value is -2.44. The van der Waals surface area contributed by atoms with Crippen molar-refractivity contribution in [3.05, 3.63) is 52.5 Å². The molecule has 3 N–H and O–H groups in total. The van der Waals surface area contributed by atoms with Gasteiger partial charge in [-0.25, -0.2) is 0 Å². The molecule has 2 aromatic carbocycles. The monoisotopic (exact) mass is 375 g/mol. The third-order valence-electron chi connectivity index (χ3n) is 3.92. The molecule has 0 saturated carbocycles. The van der Waals surface area contributed by atoms with E-state index in [2.05, 4.69) is 10.3 Å². The van der Waals surface area contributed by atoms with Gasteiger partial charge in [0.15, 0.2) is 17.5 Å². The molecule has 1 heterocycles. The van der Waals surface area contributed by atoms with E-state index in [1.165, 1.54) is 0 Å². The average Bonchev–Trinajstić information content (AvgIpc) is 2.64. The molecular formula is C19H22ClN3O3. The highest BCUT2D eigenvalue weighted by atomic mass is 35.5. The van der Waals surface area contributed by atoms with Crippen LogP contribution >= 0.6 is 11.6 Å². The van der Waals surface area contributed by atoms with Gasteiger partial charge in [0, 0.05) is 24.9 Å². The molecule has 26 heavy (non-hydrogen) atoms. The maximum atomic E-state index is 6.25. The minimum absolute atomic E-state index is 0.359. The molecule has 0 unspecified atom stereocenters. The maximum Gasteiger partial charge on any atom is 0.193 e. The first-order valence-corrected chi connectivity index (χ1v) is 8.77. The Morgan fingerprint density at radius 3 is 2.92 bits per heavy atom. The number of aliphatic imine (C=N–C) groups is 1. The number of methoxy groups -OCH3 is 1. The lowest BCUT2D eigenvalue weighted by Gasteiger charge is -2.20. The van der Waals surface area contributed by atoms with Crippen molar-refractivity contribution in [2.45, 2.75) is 13.0 Å². The summed E-state index contributed by atoms with van der Waals surface area (Å²) in [7, 11) is 1.66. The van der Waals surface area contributed by atoms with E-state index < -0.39 is 0 Å². The van der Waals surface area contributed by atoms with Gasteiger partial charge in [0.25, 0.3) is 0 Å². The fourth-order valence-electron chi connectivity index (χ4n) is 2.72. The number of hydrogen-bond donors (Lipinski definition) is 2.